The molecule has 0 unspecified atom stereocenters. The molecule has 1 aromatic carbocycles. The average Bonchev–Trinajstić information content (AvgIpc) is 3.11. The molecule has 0 aliphatic carbocycles. The van der Waals surface area contributed by atoms with Crippen molar-refractivity contribution in [3.63, 3.8) is 0 Å². The van der Waals surface area contributed by atoms with Crippen molar-refractivity contribution in [3.05, 3.63) is 58.3 Å². The van der Waals surface area contributed by atoms with Gasteiger partial charge in [-0.1, -0.05) is 12.1 Å². The Morgan fingerprint density at radius 1 is 1.12 bits per heavy atom. The van der Waals surface area contributed by atoms with Gasteiger partial charge >= 0.3 is 0 Å². The number of carbonyl (C=O) groups is 2. The first-order chi connectivity index (χ1) is 11.6. The summed E-state index contributed by atoms with van der Waals surface area (Å²) in [5.74, 6) is -0.0470. The van der Waals surface area contributed by atoms with E-state index in [2.05, 4.69) is 26.2 Å². The lowest BCUT2D eigenvalue weighted by Crippen LogP contribution is -2.29. The zero-order valence-electron chi connectivity index (χ0n) is 13.2. The van der Waals surface area contributed by atoms with E-state index in [1.165, 1.54) is 6.20 Å². The smallest absolute Gasteiger partial charge is 0.257 e. The summed E-state index contributed by atoms with van der Waals surface area (Å²) >= 11 is 3.30. The minimum absolute atomic E-state index is 0.171. The first kappa shape index (κ1) is 16.6. The molecule has 0 atom stereocenters. The molecule has 124 valence electrons. The number of halogens is 1. The predicted octanol–water partition coefficient (Wildman–Crippen LogP) is 3.26. The number of pyridine rings is 1. The summed E-state index contributed by atoms with van der Waals surface area (Å²) in [7, 11) is 0. The van der Waals surface area contributed by atoms with E-state index < -0.39 is 0 Å². The maximum absolute atomic E-state index is 12.2. The average molecular weight is 388 g/mol. The molecule has 1 saturated heterocycles. The molecule has 1 fully saturated rings. The van der Waals surface area contributed by atoms with Crippen LogP contribution < -0.4 is 5.32 Å². The fourth-order valence-corrected chi connectivity index (χ4v) is 3.06. The SMILES string of the molecule is O=C(Nc1ccc(CC(=O)N2CCCC2)cc1)c1cncc(Br)c1. The van der Waals surface area contributed by atoms with Crippen molar-refractivity contribution in [2.45, 2.75) is 19.3 Å². The number of nitrogens with zero attached hydrogens (tertiary/aromatic N) is 2. The molecule has 0 bridgehead atoms. The maximum atomic E-state index is 12.2. The molecule has 24 heavy (non-hydrogen) atoms. The summed E-state index contributed by atoms with van der Waals surface area (Å²) in [6, 6.07) is 9.10. The lowest BCUT2D eigenvalue weighted by Gasteiger charge is -2.15. The molecule has 0 radical (unpaired) electrons. The quantitative estimate of drug-likeness (QED) is 0.875. The monoisotopic (exact) mass is 387 g/mol. The Labute approximate surface area is 149 Å². The zero-order chi connectivity index (χ0) is 16.9. The summed E-state index contributed by atoms with van der Waals surface area (Å²) in [6.45, 7) is 1.74. The van der Waals surface area contributed by atoms with Crippen molar-refractivity contribution < 1.29 is 9.59 Å². The van der Waals surface area contributed by atoms with E-state index in [1.807, 2.05) is 29.2 Å². The highest BCUT2D eigenvalue weighted by molar-refractivity contribution is 9.10. The van der Waals surface area contributed by atoms with Gasteiger partial charge in [-0.3, -0.25) is 14.6 Å². The number of aromatic nitrogens is 1. The van der Waals surface area contributed by atoms with Gasteiger partial charge in [0.2, 0.25) is 5.91 Å². The molecular weight excluding hydrogens is 370 g/mol. The molecule has 1 N–H and O–H groups in total. The normalized spacial score (nSPS) is 13.8. The lowest BCUT2D eigenvalue weighted by molar-refractivity contribution is -0.129. The largest absolute Gasteiger partial charge is 0.342 e. The maximum Gasteiger partial charge on any atom is 0.257 e. The third-order valence-corrected chi connectivity index (χ3v) is 4.43. The van der Waals surface area contributed by atoms with Crippen LogP contribution in [0.15, 0.2) is 47.2 Å². The Kier molecular flexibility index (Phi) is 5.25. The van der Waals surface area contributed by atoms with Gasteiger partial charge in [-0.2, -0.15) is 0 Å². The number of amides is 2. The second kappa shape index (κ2) is 7.57. The minimum Gasteiger partial charge on any atom is -0.342 e. The van der Waals surface area contributed by atoms with Gasteiger partial charge in [-0.15, -0.1) is 0 Å². The zero-order valence-corrected chi connectivity index (χ0v) is 14.8. The highest BCUT2D eigenvalue weighted by Gasteiger charge is 2.17. The first-order valence-corrected chi connectivity index (χ1v) is 8.70. The van der Waals surface area contributed by atoms with Gasteiger partial charge in [0.25, 0.3) is 5.91 Å². The summed E-state index contributed by atoms with van der Waals surface area (Å²) in [6.07, 6.45) is 5.75. The van der Waals surface area contributed by atoms with E-state index in [4.69, 9.17) is 0 Å². The van der Waals surface area contributed by atoms with Gasteiger partial charge in [0, 0.05) is 35.6 Å². The Morgan fingerprint density at radius 2 is 1.83 bits per heavy atom. The molecule has 2 amide bonds. The van der Waals surface area contributed by atoms with Crippen LogP contribution in [-0.4, -0.2) is 34.8 Å². The van der Waals surface area contributed by atoms with Gasteiger partial charge in [-0.25, -0.2) is 0 Å². The third kappa shape index (κ3) is 4.20. The van der Waals surface area contributed by atoms with E-state index in [-0.39, 0.29) is 11.8 Å². The van der Waals surface area contributed by atoms with Gasteiger partial charge in [0.1, 0.15) is 0 Å². The van der Waals surface area contributed by atoms with Gasteiger partial charge in [-0.05, 0) is 52.5 Å². The van der Waals surface area contributed by atoms with Crippen molar-refractivity contribution in [1.29, 1.82) is 0 Å². The molecule has 1 aromatic heterocycles. The van der Waals surface area contributed by atoms with Crippen LogP contribution >= 0.6 is 15.9 Å². The molecule has 1 aliphatic heterocycles. The van der Waals surface area contributed by atoms with Gasteiger partial charge in [0.05, 0.1) is 12.0 Å². The van der Waals surface area contributed by atoms with Crippen LogP contribution in [0.3, 0.4) is 0 Å². The minimum atomic E-state index is -0.218. The second-order valence-electron chi connectivity index (χ2n) is 5.81. The molecule has 0 saturated carbocycles. The highest BCUT2D eigenvalue weighted by atomic mass is 79.9. The lowest BCUT2D eigenvalue weighted by atomic mass is 10.1. The summed E-state index contributed by atoms with van der Waals surface area (Å²) in [5, 5.41) is 2.83. The molecule has 6 heteroatoms. The van der Waals surface area contributed by atoms with Crippen LogP contribution in [0.1, 0.15) is 28.8 Å². The topological polar surface area (TPSA) is 62.3 Å². The van der Waals surface area contributed by atoms with E-state index >= 15 is 0 Å². The van der Waals surface area contributed by atoms with Crippen molar-refractivity contribution in [3.8, 4) is 0 Å². The highest BCUT2D eigenvalue weighted by Crippen LogP contribution is 2.15. The molecule has 1 aliphatic rings. The molecule has 5 nitrogen and oxygen atoms in total. The number of anilines is 1. The molecule has 2 heterocycles. The first-order valence-electron chi connectivity index (χ1n) is 7.90. The number of carbonyl (C=O) groups excluding carboxylic acids is 2. The molecular formula is C18H18BrN3O2. The Hall–Kier alpha value is -2.21. The standard InChI is InChI=1S/C18H18BrN3O2/c19-15-10-14(11-20-12-15)18(24)21-16-5-3-13(4-6-16)9-17(23)22-7-1-2-8-22/h3-6,10-12H,1-2,7-9H2,(H,21,24). The Bertz CT molecular complexity index is 740. The number of hydrogen-bond donors (Lipinski definition) is 1. The Morgan fingerprint density at radius 3 is 2.50 bits per heavy atom. The van der Waals surface area contributed by atoms with Crippen LogP contribution in [0.5, 0.6) is 0 Å². The van der Waals surface area contributed by atoms with Gasteiger partial charge in [0.15, 0.2) is 0 Å². The van der Waals surface area contributed by atoms with Crippen molar-refractivity contribution in [1.82, 2.24) is 9.88 Å². The van der Waals surface area contributed by atoms with Crippen molar-refractivity contribution in [2.24, 2.45) is 0 Å². The number of hydrogen-bond acceptors (Lipinski definition) is 3. The van der Waals surface area contributed by atoms with Crippen LogP contribution in [0, 0.1) is 0 Å². The third-order valence-electron chi connectivity index (χ3n) is 3.99. The number of likely N-dealkylation sites (tertiary alicyclic amines) is 1. The second-order valence-corrected chi connectivity index (χ2v) is 6.72. The summed E-state index contributed by atoms with van der Waals surface area (Å²) in [5.41, 5.74) is 2.13. The summed E-state index contributed by atoms with van der Waals surface area (Å²) in [4.78, 5) is 30.2. The van der Waals surface area contributed by atoms with Crippen LogP contribution in [0.25, 0.3) is 0 Å². The number of benzene rings is 1. The van der Waals surface area contributed by atoms with Gasteiger partial charge < -0.3 is 10.2 Å². The van der Waals surface area contributed by atoms with Crippen molar-refractivity contribution in [2.75, 3.05) is 18.4 Å². The van der Waals surface area contributed by atoms with Crippen LogP contribution in [0.4, 0.5) is 5.69 Å². The Balaban J connectivity index is 1.60. The van der Waals surface area contributed by atoms with E-state index in [0.717, 1.165) is 36.0 Å². The fourth-order valence-electron chi connectivity index (χ4n) is 2.70. The van der Waals surface area contributed by atoms with Crippen molar-refractivity contribution >= 4 is 33.4 Å². The van der Waals surface area contributed by atoms with E-state index in [1.54, 1.807) is 12.3 Å². The molecule has 2 aromatic rings. The fraction of sp³-hybridized carbons (Fsp3) is 0.278. The summed E-state index contributed by atoms with van der Waals surface area (Å²) < 4.78 is 0.755. The van der Waals surface area contributed by atoms with E-state index in [9.17, 15) is 9.59 Å². The van der Waals surface area contributed by atoms with E-state index in [0.29, 0.717) is 17.7 Å². The van der Waals surface area contributed by atoms with Crippen LogP contribution in [0.2, 0.25) is 0 Å². The predicted molar refractivity (Wildman–Crippen MR) is 95.9 cm³/mol. The molecule has 0 spiro atoms. The molecule has 3 rings (SSSR count). The number of nitrogens with one attached hydrogen (secondary N) is 1. The van der Waals surface area contributed by atoms with Crippen LogP contribution in [-0.2, 0) is 11.2 Å². The number of rotatable bonds is 4.